The first-order valence-electron chi connectivity index (χ1n) is 5.74. The number of aromatic nitrogens is 4. The van der Waals surface area contributed by atoms with E-state index in [9.17, 15) is 4.79 Å². The van der Waals surface area contributed by atoms with Crippen molar-refractivity contribution in [1.29, 1.82) is 0 Å². The number of hydrogen-bond donors (Lipinski definition) is 1. The van der Waals surface area contributed by atoms with Gasteiger partial charge in [0.05, 0.1) is 17.5 Å². The summed E-state index contributed by atoms with van der Waals surface area (Å²) in [5, 5.41) is 4.17. The van der Waals surface area contributed by atoms with Crippen molar-refractivity contribution in [2.24, 2.45) is 0 Å². The standard InChI is InChI=1S/C12H16N4O/c1-4-16-7-9(6-13-16)12-14-10(8(2)3)5-11(17)15-12/h5-8H,4H2,1-3H3,(H,14,15,17). The number of H-pyrrole nitrogens is 1. The van der Waals surface area contributed by atoms with E-state index in [1.165, 1.54) is 0 Å². The van der Waals surface area contributed by atoms with Gasteiger partial charge >= 0.3 is 0 Å². The van der Waals surface area contributed by atoms with Crippen LogP contribution in [0.15, 0.2) is 23.3 Å². The van der Waals surface area contributed by atoms with Crippen molar-refractivity contribution >= 4 is 0 Å². The van der Waals surface area contributed by atoms with Crippen molar-refractivity contribution in [3.05, 3.63) is 34.5 Å². The summed E-state index contributed by atoms with van der Waals surface area (Å²) < 4.78 is 1.80. The molecule has 0 aromatic carbocycles. The fourth-order valence-corrected chi connectivity index (χ4v) is 1.57. The van der Waals surface area contributed by atoms with Gasteiger partial charge in [0.1, 0.15) is 5.82 Å². The van der Waals surface area contributed by atoms with Gasteiger partial charge in [0.2, 0.25) is 0 Å². The van der Waals surface area contributed by atoms with E-state index in [4.69, 9.17) is 0 Å². The molecule has 0 saturated heterocycles. The number of nitrogens with zero attached hydrogens (tertiary/aromatic N) is 3. The zero-order chi connectivity index (χ0) is 12.4. The first-order valence-corrected chi connectivity index (χ1v) is 5.74. The first kappa shape index (κ1) is 11.6. The van der Waals surface area contributed by atoms with E-state index in [-0.39, 0.29) is 11.5 Å². The third kappa shape index (κ3) is 2.43. The highest BCUT2D eigenvalue weighted by Crippen LogP contribution is 2.15. The topological polar surface area (TPSA) is 63.6 Å². The summed E-state index contributed by atoms with van der Waals surface area (Å²) in [6.45, 7) is 6.84. The molecule has 0 fully saturated rings. The van der Waals surface area contributed by atoms with Crippen LogP contribution in [0, 0.1) is 0 Å². The minimum Gasteiger partial charge on any atom is -0.306 e. The van der Waals surface area contributed by atoms with Gasteiger partial charge in [-0.15, -0.1) is 0 Å². The Morgan fingerprint density at radius 3 is 2.82 bits per heavy atom. The van der Waals surface area contributed by atoms with Crippen molar-refractivity contribution in [3.8, 4) is 11.4 Å². The van der Waals surface area contributed by atoms with E-state index in [1.54, 1.807) is 16.9 Å². The zero-order valence-electron chi connectivity index (χ0n) is 10.3. The second-order valence-corrected chi connectivity index (χ2v) is 4.26. The van der Waals surface area contributed by atoms with Gasteiger partial charge in [-0.3, -0.25) is 9.48 Å². The predicted molar refractivity (Wildman–Crippen MR) is 65.8 cm³/mol. The highest BCUT2D eigenvalue weighted by atomic mass is 16.1. The Kier molecular flexibility index (Phi) is 3.08. The Bertz CT molecular complexity index is 568. The van der Waals surface area contributed by atoms with Crippen molar-refractivity contribution in [2.45, 2.75) is 33.2 Å². The quantitative estimate of drug-likeness (QED) is 0.877. The summed E-state index contributed by atoms with van der Waals surface area (Å²) in [6, 6.07) is 1.54. The molecule has 5 nitrogen and oxygen atoms in total. The maximum atomic E-state index is 11.5. The van der Waals surface area contributed by atoms with E-state index < -0.39 is 0 Å². The van der Waals surface area contributed by atoms with Gasteiger partial charge in [0.15, 0.2) is 0 Å². The summed E-state index contributed by atoms with van der Waals surface area (Å²) >= 11 is 0. The second-order valence-electron chi connectivity index (χ2n) is 4.26. The molecule has 2 aromatic rings. The van der Waals surface area contributed by atoms with E-state index in [0.29, 0.717) is 5.82 Å². The highest BCUT2D eigenvalue weighted by molar-refractivity contribution is 5.51. The third-order valence-corrected chi connectivity index (χ3v) is 2.58. The van der Waals surface area contributed by atoms with Crippen molar-refractivity contribution in [1.82, 2.24) is 19.7 Å². The smallest absolute Gasteiger partial charge is 0.251 e. The molecular formula is C12H16N4O. The molecule has 0 atom stereocenters. The Hall–Kier alpha value is -1.91. The molecule has 1 N–H and O–H groups in total. The lowest BCUT2D eigenvalue weighted by atomic mass is 10.1. The van der Waals surface area contributed by atoms with Crippen LogP contribution >= 0.6 is 0 Å². The predicted octanol–water partition coefficient (Wildman–Crippen LogP) is 1.78. The molecule has 0 amide bonds. The molecule has 5 heteroatoms. The van der Waals surface area contributed by atoms with Crippen LogP contribution in [-0.2, 0) is 6.54 Å². The van der Waals surface area contributed by atoms with Crippen LogP contribution in [0.25, 0.3) is 11.4 Å². The molecule has 0 unspecified atom stereocenters. The molecule has 2 aromatic heterocycles. The zero-order valence-corrected chi connectivity index (χ0v) is 10.3. The van der Waals surface area contributed by atoms with Crippen molar-refractivity contribution in [2.75, 3.05) is 0 Å². The minimum absolute atomic E-state index is 0.122. The highest BCUT2D eigenvalue weighted by Gasteiger charge is 2.08. The maximum Gasteiger partial charge on any atom is 0.251 e. The van der Waals surface area contributed by atoms with Gasteiger partial charge in [-0.1, -0.05) is 13.8 Å². The number of aryl methyl sites for hydroxylation is 1. The lowest BCUT2D eigenvalue weighted by Crippen LogP contribution is -2.11. The molecule has 0 spiro atoms. The molecular weight excluding hydrogens is 216 g/mol. The van der Waals surface area contributed by atoms with Gasteiger partial charge in [-0.25, -0.2) is 4.98 Å². The molecule has 2 heterocycles. The minimum atomic E-state index is -0.122. The number of nitrogens with one attached hydrogen (secondary N) is 1. The van der Waals surface area contributed by atoms with Gasteiger partial charge in [0, 0.05) is 18.8 Å². The summed E-state index contributed by atoms with van der Waals surface area (Å²) in [7, 11) is 0. The number of aromatic amines is 1. The normalized spacial score (nSPS) is 11.1. The van der Waals surface area contributed by atoms with E-state index >= 15 is 0 Å². The van der Waals surface area contributed by atoms with Crippen LogP contribution in [-0.4, -0.2) is 19.7 Å². The molecule has 0 aliphatic carbocycles. The largest absolute Gasteiger partial charge is 0.306 e. The lowest BCUT2D eigenvalue weighted by molar-refractivity contribution is 0.660. The molecule has 2 rings (SSSR count). The van der Waals surface area contributed by atoms with Crippen LogP contribution in [0.4, 0.5) is 0 Å². The SMILES string of the molecule is CCn1cc(-c2nc(C(C)C)cc(=O)[nH]2)cn1. The van der Waals surface area contributed by atoms with E-state index in [2.05, 4.69) is 15.1 Å². The summed E-state index contributed by atoms with van der Waals surface area (Å²) in [6.07, 6.45) is 3.59. The van der Waals surface area contributed by atoms with Crippen LogP contribution in [0.5, 0.6) is 0 Å². The van der Waals surface area contributed by atoms with Crippen LogP contribution < -0.4 is 5.56 Å². The van der Waals surface area contributed by atoms with Gasteiger partial charge in [-0.05, 0) is 12.8 Å². The van der Waals surface area contributed by atoms with E-state index in [0.717, 1.165) is 17.8 Å². The van der Waals surface area contributed by atoms with Crippen LogP contribution in [0.1, 0.15) is 32.4 Å². The molecule has 0 radical (unpaired) electrons. The Morgan fingerprint density at radius 1 is 1.47 bits per heavy atom. The Labute approximate surface area is 99.5 Å². The Balaban J connectivity index is 2.48. The molecule has 0 aliphatic heterocycles. The summed E-state index contributed by atoms with van der Waals surface area (Å²) in [5.41, 5.74) is 1.52. The average molecular weight is 232 g/mol. The molecule has 90 valence electrons. The second kappa shape index (κ2) is 4.53. The van der Waals surface area contributed by atoms with Gasteiger partial charge in [0.25, 0.3) is 5.56 Å². The van der Waals surface area contributed by atoms with Crippen LogP contribution in [0.3, 0.4) is 0 Å². The fraction of sp³-hybridized carbons (Fsp3) is 0.417. The number of hydrogen-bond acceptors (Lipinski definition) is 3. The third-order valence-electron chi connectivity index (χ3n) is 2.58. The average Bonchev–Trinajstić information content (AvgIpc) is 2.76. The van der Waals surface area contributed by atoms with Gasteiger partial charge in [-0.2, -0.15) is 5.10 Å². The lowest BCUT2D eigenvalue weighted by Gasteiger charge is -2.05. The van der Waals surface area contributed by atoms with E-state index in [1.807, 2.05) is 27.0 Å². The van der Waals surface area contributed by atoms with Crippen LogP contribution in [0.2, 0.25) is 0 Å². The van der Waals surface area contributed by atoms with Gasteiger partial charge < -0.3 is 4.98 Å². The molecule has 17 heavy (non-hydrogen) atoms. The fourth-order valence-electron chi connectivity index (χ4n) is 1.57. The Morgan fingerprint density at radius 2 is 2.24 bits per heavy atom. The molecule has 0 saturated carbocycles. The van der Waals surface area contributed by atoms with Crippen molar-refractivity contribution in [3.63, 3.8) is 0 Å². The molecule has 0 bridgehead atoms. The first-order chi connectivity index (χ1) is 8.10. The monoisotopic (exact) mass is 232 g/mol. The summed E-state index contributed by atoms with van der Waals surface area (Å²) in [5.74, 6) is 0.818. The maximum absolute atomic E-state index is 11.5. The summed E-state index contributed by atoms with van der Waals surface area (Å²) in [4.78, 5) is 18.7. The van der Waals surface area contributed by atoms with Crippen molar-refractivity contribution < 1.29 is 0 Å². The number of rotatable bonds is 3. The molecule has 0 aliphatic rings.